The molecule has 2 rings (SSSR count). The highest BCUT2D eigenvalue weighted by Crippen LogP contribution is 2.29. The Morgan fingerprint density at radius 1 is 1.57 bits per heavy atom. The van der Waals surface area contributed by atoms with Crippen molar-refractivity contribution >= 4 is 17.3 Å². The first-order valence-corrected chi connectivity index (χ1v) is 6.37. The number of nitro groups is 1. The summed E-state index contributed by atoms with van der Waals surface area (Å²) in [5.41, 5.74) is 5.53. The SMILES string of the molecule is CCC(Nc1cc(C(N)=O)ccc1[N+](=O)[O-])c1ncc[nH]1. The van der Waals surface area contributed by atoms with Crippen molar-refractivity contribution < 1.29 is 9.72 Å². The molecule has 1 aromatic heterocycles. The van der Waals surface area contributed by atoms with E-state index in [2.05, 4.69) is 15.3 Å². The standard InChI is InChI=1S/C13H15N5O3/c1-2-9(13-15-5-6-16-13)17-10-7-8(12(14)19)3-4-11(10)18(20)21/h3-7,9,17H,2H2,1H3,(H2,14,19)(H,15,16). The van der Waals surface area contributed by atoms with Gasteiger partial charge in [-0.1, -0.05) is 6.92 Å². The molecular weight excluding hydrogens is 274 g/mol. The number of rotatable bonds is 6. The lowest BCUT2D eigenvalue weighted by atomic mass is 10.1. The third-order valence-electron chi connectivity index (χ3n) is 3.07. The monoisotopic (exact) mass is 289 g/mol. The van der Waals surface area contributed by atoms with Crippen LogP contribution in [0, 0.1) is 10.1 Å². The van der Waals surface area contributed by atoms with Crippen LogP contribution in [0.1, 0.15) is 35.6 Å². The number of nitrogens with zero attached hydrogens (tertiary/aromatic N) is 2. The summed E-state index contributed by atoms with van der Waals surface area (Å²) in [6.45, 7) is 1.92. The van der Waals surface area contributed by atoms with Gasteiger partial charge in [0.05, 0.1) is 11.0 Å². The number of imidazole rings is 1. The molecule has 1 unspecified atom stereocenters. The quantitative estimate of drug-likeness (QED) is 0.553. The zero-order valence-electron chi connectivity index (χ0n) is 11.4. The first kappa shape index (κ1) is 14.5. The van der Waals surface area contributed by atoms with Crippen LogP contribution in [0.2, 0.25) is 0 Å². The van der Waals surface area contributed by atoms with E-state index in [1.165, 1.54) is 18.2 Å². The summed E-state index contributed by atoms with van der Waals surface area (Å²) >= 11 is 0. The third kappa shape index (κ3) is 3.16. The normalized spacial score (nSPS) is 11.9. The lowest BCUT2D eigenvalue weighted by Gasteiger charge is -2.16. The fraction of sp³-hybridized carbons (Fsp3) is 0.231. The molecule has 1 amide bonds. The van der Waals surface area contributed by atoms with Crippen molar-refractivity contribution in [3.8, 4) is 0 Å². The van der Waals surface area contributed by atoms with Gasteiger partial charge in [0.25, 0.3) is 5.69 Å². The zero-order chi connectivity index (χ0) is 15.4. The second-order valence-electron chi connectivity index (χ2n) is 4.43. The second kappa shape index (κ2) is 6.04. The number of carbonyl (C=O) groups is 1. The average molecular weight is 289 g/mol. The highest BCUT2D eigenvalue weighted by atomic mass is 16.6. The molecule has 0 saturated heterocycles. The number of aromatic nitrogens is 2. The lowest BCUT2D eigenvalue weighted by molar-refractivity contribution is -0.384. The molecular formula is C13H15N5O3. The summed E-state index contributed by atoms with van der Waals surface area (Å²) in [4.78, 5) is 28.9. The van der Waals surface area contributed by atoms with E-state index in [0.717, 1.165) is 0 Å². The number of H-pyrrole nitrogens is 1. The molecule has 0 aliphatic heterocycles. The summed E-state index contributed by atoms with van der Waals surface area (Å²) in [5.74, 6) is 0.0234. The van der Waals surface area contributed by atoms with E-state index in [-0.39, 0.29) is 23.0 Å². The maximum Gasteiger partial charge on any atom is 0.292 e. The summed E-state index contributed by atoms with van der Waals surface area (Å²) in [6.07, 6.45) is 3.94. The van der Waals surface area contributed by atoms with Gasteiger partial charge in [-0.05, 0) is 18.6 Å². The smallest absolute Gasteiger partial charge is 0.292 e. The average Bonchev–Trinajstić information content (AvgIpc) is 2.98. The van der Waals surface area contributed by atoms with Crippen molar-refractivity contribution in [1.82, 2.24) is 9.97 Å². The molecule has 0 aliphatic carbocycles. The van der Waals surface area contributed by atoms with Gasteiger partial charge in [-0.25, -0.2) is 4.98 Å². The molecule has 8 heteroatoms. The number of primary amides is 1. The highest BCUT2D eigenvalue weighted by Gasteiger charge is 2.20. The molecule has 0 spiro atoms. The van der Waals surface area contributed by atoms with Gasteiger partial charge in [0.1, 0.15) is 11.5 Å². The van der Waals surface area contributed by atoms with Gasteiger partial charge in [-0.3, -0.25) is 14.9 Å². The first-order chi connectivity index (χ1) is 10.0. The Morgan fingerprint density at radius 3 is 2.86 bits per heavy atom. The Labute approximate surface area is 120 Å². The van der Waals surface area contributed by atoms with Crippen LogP contribution in [0.4, 0.5) is 11.4 Å². The molecule has 110 valence electrons. The summed E-state index contributed by atoms with van der Waals surface area (Å²) < 4.78 is 0. The van der Waals surface area contributed by atoms with Crippen LogP contribution in [0.5, 0.6) is 0 Å². The Bertz CT molecular complexity index is 654. The number of nitrogens with one attached hydrogen (secondary N) is 2. The van der Waals surface area contributed by atoms with Gasteiger partial charge >= 0.3 is 0 Å². The third-order valence-corrected chi connectivity index (χ3v) is 3.07. The number of aromatic amines is 1. The van der Waals surface area contributed by atoms with Crippen molar-refractivity contribution in [2.75, 3.05) is 5.32 Å². The van der Waals surface area contributed by atoms with Gasteiger partial charge in [0, 0.05) is 24.0 Å². The molecule has 4 N–H and O–H groups in total. The molecule has 1 aromatic carbocycles. The molecule has 0 radical (unpaired) electrons. The molecule has 0 fully saturated rings. The van der Waals surface area contributed by atoms with E-state index >= 15 is 0 Å². The molecule has 8 nitrogen and oxygen atoms in total. The van der Waals surface area contributed by atoms with Gasteiger partial charge in [0.15, 0.2) is 0 Å². The summed E-state index contributed by atoms with van der Waals surface area (Å²) in [6, 6.07) is 3.74. The van der Waals surface area contributed by atoms with E-state index in [4.69, 9.17) is 5.73 Å². The number of benzene rings is 1. The molecule has 0 aliphatic rings. The number of nitrogens with two attached hydrogens (primary N) is 1. The van der Waals surface area contributed by atoms with E-state index in [1.54, 1.807) is 12.4 Å². The highest BCUT2D eigenvalue weighted by molar-refractivity contribution is 5.94. The van der Waals surface area contributed by atoms with Crippen molar-refractivity contribution in [3.05, 3.63) is 52.1 Å². The van der Waals surface area contributed by atoms with Crippen molar-refractivity contribution in [2.45, 2.75) is 19.4 Å². The van der Waals surface area contributed by atoms with Crippen LogP contribution in [-0.2, 0) is 0 Å². The molecule has 0 saturated carbocycles. The van der Waals surface area contributed by atoms with E-state index in [1.807, 2.05) is 6.92 Å². The van der Waals surface area contributed by atoms with Crippen molar-refractivity contribution in [1.29, 1.82) is 0 Å². The van der Waals surface area contributed by atoms with E-state index in [9.17, 15) is 14.9 Å². The molecule has 1 heterocycles. The second-order valence-corrected chi connectivity index (χ2v) is 4.43. The van der Waals surface area contributed by atoms with Gasteiger partial charge < -0.3 is 16.0 Å². The fourth-order valence-electron chi connectivity index (χ4n) is 1.98. The van der Waals surface area contributed by atoms with Gasteiger partial charge in [-0.15, -0.1) is 0 Å². The first-order valence-electron chi connectivity index (χ1n) is 6.37. The number of nitro benzene ring substituents is 1. The number of hydrogen-bond acceptors (Lipinski definition) is 5. The summed E-state index contributed by atoms with van der Waals surface area (Å²) in [7, 11) is 0. The Balaban J connectivity index is 2.38. The van der Waals surface area contributed by atoms with Gasteiger partial charge in [-0.2, -0.15) is 0 Å². The number of amides is 1. The topological polar surface area (TPSA) is 127 Å². The molecule has 0 bridgehead atoms. The molecule has 2 aromatic rings. The van der Waals surface area contributed by atoms with Gasteiger partial charge in [0.2, 0.25) is 5.91 Å². The van der Waals surface area contributed by atoms with E-state index < -0.39 is 10.8 Å². The van der Waals surface area contributed by atoms with Crippen LogP contribution >= 0.6 is 0 Å². The maximum atomic E-state index is 11.2. The maximum absolute atomic E-state index is 11.2. The van der Waals surface area contributed by atoms with Crippen LogP contribution in [0.3, 0.4) is 0 Å². The van der Waals surface area contributed by atoms with E-state index in [0.29, 0.717) is 12.2 Å². The molecule has 21 heavy (non-hydrogen) atoms. The Hall–Kier alpha value is -2.90. The lowest BCUT2D eigenvalue weighted by Crippen LogP contribution is -2.15. The Morgan fingerprint density at radius 2 is 2.33 bits per heavy atom. The van der Waals surface area contributed by atoms with Crippen LogP contribution in [0.15, 0.2) is 30.6 Å². The minimum Gasteiger partial charge on any atom is -0.370 e. The van der Waals surface area contributed by atoms with Crippen LogP contribution < -0.4 is 11.1 Å². The van der Waals surface area contributed by atoms with Crippen LogP contribution in [-0.4, -0.2) is 20.8 Å². The minimum atomic E-state index is -0.640. The Kier molecular flexibility index (Phi) is 4.17. The minimum absolute atomic E-state index is 0.120. The van der Waals surface area contributed by atoms with Crippen molar-refractivity contribution in [2.24, 2.45) is 5.73 Å². The number of hydrogen-bond donors (Lipinski definition) is 3. The zero-order valence-corrected chi connectivity index (χ0v) is 11.4. The predicted molar refractivity (Wildman–Crippen MR) is 76.9 cm³/mol. The number of carbonyl (C=O) groups excluding carboxylic acids is 1. The van der Waals surface area contributed by atoms with Crippen LogP contribution in [0.25, 0.3) is 0 Å². The largest absolute Gasteiger partial charge is 0.370 e. The predicted octanol–water partition coefficient (Wildman–Crippen LogP) is 1.98. The number of anilines is 1. The fourth-order valence-corrected chi connectivity index (χ4v) is 1.98. The summed E-state index contributed by atoms with van der Waals surface area (Å²) in [5, 5.41) is 14.1. The molecule has 1 atom stereocenters. The van der Waals surface area contributed by atoms with Crippen molar-refractivity contribution in [3.63, 3.8) is 0 Å².